The lowest BCUT2D eigenvalue weighted by molar-refractivity contribution is 0.574. The van der Waals surface area contributed by atoms with E-state index in [4.69, 9.17) is 5.73 Å². The van der Waals surface area contributed by atoms with Crippen molar-refractivity contribution in [3.8, 4) is 0 Å². The van der Waals surface area contributed by atoms with Crippen LogP contribution in [0.3, 0.4) is 0 Å². The molecule has 15 heteroatoms. The third-order valence-electron chi connectivity index (χ3n) is 6.49. The average molecular weight is 611 g/mol. The van der Waals surface area contributed by atoms with Gasteiger partial charge < -0.3 is 14.9 Å². The number of unbranched alkanes of at least 4 members (excludes halogenated alkanes) is 2. The largest absolute Gasteiger partial charge is 0.332 e. The van der Waals surface area contributed by atoms with Gasteiger partial charge in [-0.15, -0.1) is 0 Å². The van der Waals surface area contributed by atoms with Gasteiger partial charge in [0.15, 0.2) is 32.2 Å². The summed E-state index contributed by atoms with van der Waals surface area (Å²) in [6.45, 7) is 3.83. The first kappa shape index (κ1) is 28.1. The molecule has 0 aromatic carbocycles. The van der Waals surface area contributed by atoms with Crippen LogP contribution in [0.5, 0.6) is 0 Å². The van der Waals surface area contributed by atoms with Gasteiger partial charge in [-0.05, 0) is 41.7 Å². The van der Waals surface area contributed by atoms with Crippen molar-refractivity contribution in [2.75, 3.05) is 12.3 Å². The molecule has 0 spiro atoms. The van der Waals surface area contributed by atoms with Crippen molar-refractivity contribution in [3.05, 3.63) is 46.4 Å². The predicted octanol–water partition coefficient (Wildman–Crippen LogP) is 1.12. The second kappa shape index (κ2) is 11.9. The van der Waals surface area contributed by atoms with Crippen LogP contribution < -0.4 is 28.2 Å². The number of aromatic amines is 1. The van der Waals surface area contributed by atoms with Gasteiger partial charge in [-0.25, -0.2) is 19.6 Å². The highest BCUT2D eigenvalue weighted by atomic mass is 79.9. The van der Waals surface area contributed by atoms with Gasteiger partial charge in [0, 0.05) is 39.5 Å². The van der Waals surface area contributed by atoms with Crippen molar-refractivity contribution in [3.63, 3.8) is 0 Å². The number of halogens is 1. The Balaban J connectivity index is 1.60. The Bertz CT molecular complexity index is 1710. The first-order chi connectivity index (χ1) is 18.2. The van der Waals surface area contributed by atoms with Crippen LogP contribution in [0.2, 0.25) is 0 Å². The van der Waals surface area contributed by atoms with Crippen LogP contribution in [0.1, 0.15) is 39.0 Å². The van der Waals surface area contributed by atoms with E-state index in [0.717, 1.165) is 19.3 Å². The van der Waals surface area contributed by atoms with Gasteiger partial charge >= 0.3 is 11.4 Å². The number of nitrogens with zero attached hydrogens (tertiary/aromatic N) is 7. The van der Waals surface area contributed by atoms with Crippen molar-refractivity contribution in [2.24, 2.45) is 19.8 Å². The number of rotatable bonds is 12. The molecule has 0 unspecified atom stereocenters. The molecule has 0 amide bonds. The highest BCUT2D eigenvalue weighted by Crippen LogP contribution is 2.24. The summed E-state index contributed by atoms with van der Waals surface area (Å²) >= 11 is 4.94. The third-order valence-corrected chi connectivity index (χ3v) is 8.15. The normalized spacial score (nSPS) is 11.8. The number of hydrogen-bond donors (Lipinski definition) is 2. The minimum Gasteiger partial charge on any atom is -0.330 e. The maximum atomic E-state index is 13.2. The summed E-state index contributed by atoms with van der Waals surface area (Å²) in [5.41, 5.74) is 5.27. The Morgan fingerprint density at radius 1 is 0.868 bits per heavy atom. The average Bonchev–Trinajstić information content (AvgIpc) is 3.42. The van der Waals surface area contributed by atoms with Gasteiger partial charge in [0.1, 0.15) is 0 Å². The number of thioether (sulfide) groups is 1. The minimum absolute atomic E-state index is 0.243. The third kappa shape index (κ3) is 5.18. The highest BCUT2D eigenvalue weighted by molar-refractivity contribution is 9.10. The quantitative estimate of drug-likeness (QED) is 0.137. The van der Waals surface area contributed by atoms with E-state index in [1.165, 1.54) is 25.5 Å². The van der Waals surface area contributed by atoms with Crippen LogP contribution in [0.15, 0.2) is 29.1 Å². The van der Waals surface area contributed by atoms with Crippen LogP contribution >= 0.6 is 27.7 Å². The van der Waals surface area contributed by atoms with E-state index >= 15 is 0 Å². The molecular weight excluding hydrogens is 578 g/mol. The molecule has 0 aliphatic carbocycles. The zero-order chi connectivity index (χ0) is 27.6. The lowest BCUT2D eigenvalue weighted by Crippen LogP contribution is -2.40. The molecule has 0 saturated heterocycles. The summed E-state index contributed by atoms with van der Waals surface area (Å²) in [6.07, 6.45) is 4.12. The minimum atomic E-state index is -0.499. The number of nitrogens with two attached hydrogens (primary N) is 1. The van der Waals surface area contributed by atoms with E-state index < -0.39 is 16.9 Å². The van der Waals surface area contributed by atoms with E-state index in [0.29, 0.717) is 70.4 Å². The molecule has 0 aliphatic rings. The van der Waals surface area contributed by atoms with Crippen molar-refractivity contribution >= 4 is 50.0 Å². The molecule has 0 fully saturated rings. The standard InChI is InChI=1S/C23H32BrN9O4S/c1-4-5-6-10-32-14-16(29(2)21(36)28-18(14)34)27-22(32)38-13-8-12-31-15-17(26-20(31)24)30(3)23(37)33(19(15)35)11-7-9-25/h4-13,25H2,1-3H3,(H,28,34,36). The zero-order valence-corrected chi connectivity index (χ0v) is 24.1. The van der Waals surface area contributed by atoms with Crippen LogP contribution in [0.25, 0.3) is 22.3 Å². The smallest absolute Gasteiger partial charge is 0.330 e. The number of hydrogen-bond acceptors (Lipinski definition) is 8. The zero-order valence-electron chi connectivity index (χ0n) is 21.7. The molecule has 0 atom stereocenters. The maximum absolute atomic E-state index is 13.2. The molecule has 0 aliphatic heterocycles. The molecule has 4 aromatic rings. The number of imidazole rings is 2. The van der Waals surface area contributed by atoms with Crippen molar-refractivity contribution < 1.29 is 0 Å². The van der Waals surface area contributed by atoms with Crippen LogP contribution in [-0.2, 0) is 33.7 Å². The fourth-order valence-corrected chi connectivity index (χ4v) is 5.90. The van der Waals surface area contributed by atoms with Crippen molar-refractivity contribution in [2.45, 2.75) is 63.8 Å². The highest BCUT2D eigenvalue weighted by Gasteiger charge is 2.20. The van der Waals surface area contributed by atoms with Gasteiger partial charge in [0.2, 0.25) is 0 Å². The number of aromatic nitrogens is 8. The van der Waals surface area contributed by atoms with E-state index in [1.807, 2.05) is 4.57 Å². The van der Waals surface area contributed by atoms with Gasteiger partial charge in [-0.3, -0.25) is 28.3 Å². The number of H-pyrrole nitrogens is 1. The Labute approximate surface area is 229 Å². The lowest BCUT2D eigenvalue weighted by atomic mass is 10.2. The van der Waals surface area contributed by atoms with E-state index in [2.05, 4.69) is 37.8 Å². The Hall–Kier alpha value is -2.91. The molecule has 0 radical (unpaired) electrons. The summed E-state index contributed by atoms with van der Waals surface area (Å²) < 4.78 is 8.07. The molecule has 4 heterocycles. The number of nitrogens with one attached hydrogen (secondary N) is 1. The number of aryl methyl sites for hydroxylation is 4. The fourth-order valence-electron chi connectivity index (χ4n) is 4.43. The van der Waals surface area contributed by atoms with E-state index in [-0.39, 0.29) is 12.1 Å². The predicted molar refractivity (Wildman–Crippen MR) is 151 cm³/mol. The van der Waals surface area contributed by atoms with Gasteiger partial charge in [0.05, 0.1) is 0 Å². The van der Waals surface area contributed by atoms with Crippen LogP contribution in [-0.4, -0.2) is 50.1 Å². The monoisotopic (exact) mass is 609 g/mol. The Kier molecular flexibility index (Phi) is 8.78. The molecule has 0 saturated carbocycles. The number of fused-ring (bicyclic) bond motifs is 2. The second-order valence-electron chi connectivity index (χ2n) is 9.09. The summed E-state index contributed by atoms with van der Waals surface area (Å²) in [5.74, 6) is 0.641. The van der Waals surface area contributed by atoms with Gasteiger partial charge in [0.25, 0.3) is 11.1 Å². The molecule has 4 aromatic heterocycles. The fraction of sp³-hybridized carbons (Fsp3) is 0.565. The molecule has 38 heavy (non-hydrogen) atoms. The topological polar surface area (TPSA) is 161 Å². The molecule has 206 valence electrons. The van der Waals surface area contributed by atoms with Gasteiger partial charge in [-0.2, -0.15) is 0 Å². The van der Waals surface area contributed by atoms with Crippen molar-refractivity contribution in [1.29, 1.82) is 0 Å². The summed E-state index contributed by atoms with van der Waals surface area (Å²) in [5, 5.41) is 0.670. The van der Waals surface area contributed by atoms with E-state index in [9.17, 15) is 19.2 Å². The van der Waals surface area contributed by atoms with E-state index in [1.54, 1.807) is 18.7 Å². The van der Waals surface area contributed by atoms with Crippen LogP contribution in [0, 0.1) is 0 Å². The maximum Gasteiger partial charge on any atom is 0.332 e. The Morgan fingerprint density at radius 3 is 2.26 bits per heavy atom. The van der Waals surface area contributed by atoms with Crippen molar-refractivity contribution in [1.82, 2.24) is 37.8 Å². The summed E-state index contributed by atoms with van der Waals surface area (Å²) in [6, 6.07) is 0. The first-order valence-electron chi connectivity index (χ1n) is 12.6. The molecular formula is C23H32BrN9O4S. The van der Waals surface area contributed by atoms with Gasteiger partial charge in [-0.1, -0.05) is 31.5 Å². The lowest BCUT2D eigenvalue weighted by Gasteiger charge is -2.10. The molecule has 13 nitrogen and oxygen atoms in total. The molecule has 3 N–H and O–H groups in total. The Morgan fingerprint density at radius 2 is 1.55 bits per heavy atom. The van der Waals surface area contributed by atoms with Crippen LogP contribution in [0.4, 0.5) is 0 Å². The first-order valence-corrected chi connectivity index (χ1v) is 14.4. The second-order valence-corrected chi connectivity index (χ2v) is 10.9. The summed E-state index contributed by atoms with van der Waals surface area (Å²) in [4.78, 5) is 62.0. The molecule has 4 rings (SSSR count). The summed E-state index contributed by atoms with van der Waals surface area (Å²) in [7, 11) is 3.19. The molecule has 0 bridgehead atoms. The SMILES string of the molecule is CCCCCn1c(SCCCn2c(Br)nc3c2c(=O)n(CCCN)c(=O)n3C)nc2c1c(=O)[nH]c(=O)n2C.